The monoisotopic (exact) mass is 279 g/mol. The zero-order chi connectivity index (χ0) is 14.4. The summed E-state index contributed by atoms with van der Waals surface area (Å²) in [5.41, 5.74) is 3.67. The molecule has 0 saturated carbocycles. The molecule has 2 heterocycles. The highest BCUT2D eigenvalue weighted by molar-refractivity contribution is 5.85. The van der Waals surface area contributed by atoms with Crippen LogP contribution in [0, 0.1) is 6.92 Å². The quantitative estimate of drug-likeness (QED) is 0.744. The molecule has 1 aliphatic rings. The standard InChI is InChI=1S/C17H13NO3/c1-10-3-2-4-11(5-10)13-7-15(19)12-6-16-17(21-9-20-16)8-14(12)18-13/h2-8H,9H2,1H3,(H,18,19). The lowest BCUT2D eigenvalue weighted by molar-refractivity contribution is 0.174. The first-order chi connectivity index (χ1) is 10.2. The Kier molecular flexibility index (Phi) is 2.51. The predicted octanol–water partition coefficient (Wildman–Crippen LogP) is 3.23. The van der Waals surface area contributed by atoms with Crippen LogP contribution in [0.15, 0.2) is 47.3 Å². The average molecular weight is 279 g/mol. The van der Waals surface area contributed by atoms with Crippen molar-refractivity contribution >= 4 is 10.9 Å². The Morgan fingerprint density at radius 1 is 1.05 bits per heavy atom. The molecule has 1 N–H and O–H groups in total. The molecule has 4 rings (SSSR count). The number of pyridine rings is 1. The van der Waals surface area contributed by atoms with Gasteiger partial charge in [0.05, 0.1) is 5.52 Å². The number of benzene rings is 2. The lowest BCUT2D eigenvalue weighted by Gasteiger charge is -2.06. The Morgan fingerprint density at radius 2 is 1.86 bits per heavy atom. The third kappa shape index (κ3) is 1.96. The molecule has 0 spiro atoms. The smallest absolute Gasteiger partial charge is 0.231 e. The highest BCUT2D eigenvalue weighted by atomic mass is 16.7. The summed E-state index contributed by atoms with van der Waals surface area (Å²) < 4.78 is 10.7. The van der Waals surface area contributed by atoms with Crippen LogP contribution in [0.1, 0.15) is 5.56 Å². The van der Waals surface area contributed by atoms with Crippen molar-refractivity contribution in [3.63, 3.8) is 0 Å². The number of aromatic amines is 1. The number of aryl methyl sites for hydroxylation is 1. The number of rotatable bonds is 1. The van der Waals surface area contributed by atoms with Gasteiger partial charge < -0.3 is 14.5 Å². The second-order valence-corrected chi connectivity index (χ2v) is 5.17. The van der Waals surface area contributed by atoms with Gasteiger partial charge in [0, 0.05) is 23.2 Å². The SMILES string of the molecule is Cc1cccc(-c2cc(=O)c3cc4c(cc3[nH]2)OCO4)c1. The van der Waals surface area contributed by atoms with E-state index in [9.17, 15) is 4.79 Å². The second kappa shape index (κ2) is 4.38. The molecule has 1 aromatic heterocycles. The highest BCUT2D eigenvalue weighted by Crippen LogP contribution is 2.35. The summed E-state index contributed by atoms with van der Waals surface area (Å²) in [5, 5.41) is 0.607. The van der Waals surface area contributed by atoms with Gasteiger partial charge in [0.15, 0.2) is 16.9 Å². The van der Waals surface area contributed by atoms with Crippen LogP contribution in [0.4, 0.5) is 0 Å². The van der Waals surface area contributed by atoms with Crippen molar-refractivity contribution in [1.29, 1.82) is 0 Å². The fourth-order valence-electron chi connectivity index (χ4n) is 2.61. The van der Waals surface area contributed by atoms with Crippen molar-refractivity contribution < 1.29 is 9.47 Å². The van der Waals surface area contributed by atoms with Crippen LogP contribution in [-0.2, 0) is 0 Å². The number of hydrogen-bond donors (Lipinski definition) is 1. The van der Waals surface area contributed by atoms with Crippen molar-refractivity contribution in [2.24, 2.45) is 0 Å². The van der Waals surface area contributed by atoms with E-state index >= 15 is 0 Å². The van der Waals surface area contributed by atoms with Gasteiger partial charge in [0.2, 0.25) is 6.79 Å². The van der Waals surface area contributed by atoms with Crippen molar-refractivity contribution in [2.45, 2.75) is 6.92 Å². The molecule has 3 aromatic rings. The van der Waals surface area contributed by atoms with Crippen LogP contribution in [0.2, 0.25) is 0 Å². The average Bonchev–Trinajstić information content (AvgIpc) is 2.92. The molecular weight excluding hydrogens is 266 g/mol. The van der Waals surface area contributed by atoms with Crippen molar-refractivity contribution in [3.05, 3.63) is 58.3 Å². The van der Waals surface area contributed by atoms with Gasteiger partial charge in [-0.05, 0) is 24.6 Å². The van der Waals surface area contributed by atoms with E-state index in [1.807, 2.05) is 37.3 Å². The molecule has 0 aliphatic carbocycles. The molecule has 104 valence electrons. The highest BCUT2D eigenvalue weighted by Gasteiger charge is 2.16. The molecular formula is C17H13NO3. The summed E-state index contributed by atoms with van der Waals surface area (Å²) in [6, 6.07) is 13.2. The number of aromatic nitrogens is 1. The lowest BCUT2D eigenvalue weighted by Crippen LogP contribution is -2.03. The van der Waals surface area contributed by atoms with Crippen LogP contribution in [-0.4, -0.2) is 11.8 Å². The van der Waals surface area contributed by atoms with Crippen LogP contribution >= 0.6 is 0 Å². The summed E-state index contributed by atoms with van der Waals surface area (Å²) in [4.78, 5) is 15.6. The maximum absolute atomic E-state index is 12.3. The molecule has 0 unspecified atom stereocenters. The number of ether oxygens (including phenoxy) is 2. The van der Waals surface area contributed by atoms with Crippen molar-refractivity contribution in [2.75, 3.05) is 6.79 Å². The first-order valence-electron chi connectivity index (χ1n) is 6.74. The normalized spacial score (nSPS) is 12.8. The van der Waals surface area contributed by atoms with E-state index in [4.69, 9.17) is 9.47 Å². The number of fused-ring (bicyclic) bond motifs is 2. The zero-order valence-electron chi connectivity index (χ0n) is 11.5. The maximum Gasteiger partial charge on any atom is 0.231 e. The summed E-state index contributed by atoms with van der Waals surface area (Å²) in [6.45, 7) is 2.23. The third-order valence-electron chi connectivity index (χ3n) is 3.65. The van der Waals surface area contributed by atoms with Crippen LogP contribution in [0.3, 0.4) is 0 Å². The summed E-state index contributed by atoms with van der Waals surface area (Å²) in [7, 11) is 0. The fraction of sp³-hybridized carbons (Fsp3) is 0.118. The van der Waals surface area contributed by atoms with Gasteiger partial charge in [-0.2, -0.15) is 0 Å². The first kappa shape index (κ1) is 12.0. The molecule has 21 heavy (non-hydrogen) atoms. The Hall–Kier alpha value is -2.75. The van der Waals surface area contributed by atoms with Gasteiger partial charge in [-0.25, -0.2) is 0 Å². The second-order valence-electron chi connectivity index (χ2n) is 5.17. The van der Waals surface area contributed by atoms with Crippen LogP contribution in [0.5, 0.6) is 11.5 Å². The van der Waals surface area contributed by atoms with E-state index < -0.39 is 0 Å². The first-order valence-corrected chi connectivity index (χ1v) is 6.74. The largest absolute Gasteiger partial charge is 0.454 e. The van der Waals surface area contributed by atoms with Gasteiger partial charge in [-0.1, -0.05) is 23.8 Å². The van der Waals surface area contributed by atoms with Gasteiger partial charge in [0.25, 0.3) is 0 Å². The summed E-state index contributed by atoms with van der Waals surface area (Å²) in [6.07, 6.45) is 0. The zero-order valence-corrected chi connectivity index (χ0v) is 11.5. The molecule has 0 saturated heterocycles. The minimum Gasteiger partial charge on any atom is -0.454 e. The Balaban J connectivity index is 1.97. The number of nitrogens with one attached hydrogen (secondary N) is 1. The Labute approximate surface area is 121 Å². The molecule has 4 nitrogen and oxygen atoms in total. The van der Waals surface area contributed by atoms with E-state index in [2.05, 4.69) is 4.98 Å². The van der Waals surface area contributed by atoms with E-state index in [1.165, 1.54) is 0 Å². The molecule has 1 aliphatic heterocycles. The van der Waals surface area contributed by atoms with Gasteiger partial charge in [0.1, 0.15) is 0 Å². The minimum absolute atomic E-state index is 0.0291. The topological polar surface area (TPSA) is 51.3 Å². The molecule has 0 radical (unpaired) electrons. The maximum atomic E-state index is 12.3. The van der Waals surface area contributed by atoms with Gasteiger partial charge >= 0.3 is 0 Å². The minimum atomic E-state index is -0.0291. The van der Waals surface area contributed by atoms with Crippen molar-refractivity contribution in [1.82, 2.24) is 4.98 Å². The van der Waals surface area contributed by atoms with E-state index in [1.54, 1.807) is 12.1 Å². The number of H-pyrrole nitrogens is 1. The Morgan fingerprint density at radius 3 is 2.67 bits per heavy atom. The van der Waals surface area contributed by atoms with E-state index in [-0.39, 0.29) is 12.2 Å². The molecule has 2 aromatic carbocycles. The summed E-state index contributed by atoms with van der Waals surface area (Å²) >= 11 is 0. The molecule has 0 atom stereocenters. The van der Waals surface area contributed by atoms with Crippen LogP contribution in [0.25, 0.3) is 22.2 Å². The molecule has 0 amide bonds. The third-order valence-corrected chi connectivity index (χ3v) is 3.65. The van der Waals surface area contributed by atoms with Crippen molar-refractivity contribution in [3.8, 4) is 22.8 Å². The Bertz CT molecular complexity index is 912. The van der Waals surface area contributed by atoms with E-state index in [0.29, 0.717) is 16.9 Å². The summed E-state index contributed by atoms with van der Waals surface area (Å²) in [5.74, 6) is 1.29. The lowest BCUT2D eigenvalue weighted by atomic mass is 10.1. The fourth-order valence-corrected chi connectivity index (χ4v) is 2.61. The van der Waals surface area contributed by atoms with E-state index in [0.717, 1.165) is 22.3 Å². The van der Waals surface area contributed by atoms with Gasteiger partial charge in [-0.3, -0.25) is 4.79 Å². The predicted molar refractivity (Wildman–Crippen MR) is 80.9 cm³/mol. The van der Waals surface area contributed by atoms with Gasteiger partial charge in [-0.15, -0.1) is 0 Å². The molecule has 0 bridgehead atoms. The van der Waals surface area contributed by atoms with Crippen LogP contribution < -0.4 is 14.9 Å². The molecule has 0 fully saturated rings. The molecule has 4 heteroatoms. The number of hydrogen-bond acceptors (Lipinski definition) is 3.